The largest absolute Gasteiger partial charge is 0.444 e. The third kappa shape index (κ3) is 5.19. The zero-order valence-corrected chi connectivity index (χ0v) is 25.2. The Morgan fingerprint density at radius 3 is 2.62 bits per heavy atom. The fraction of sp³-hybridized carbons (Fsp3) is 0.533. The summed E-state index contributed by atoms with van der Waals surface area (Å²) in [7, 11) is 1.68. The van der Waals surface area contributed by atoms with Gasteiger partial charge in [-0.2, -0.15) is 0 Å². The molecule has 222 valence electrons. The number of morpholine rings is 1. The van der Waals surface area contributed by atoms with Crippen LogP contribution in [0.4, 0.5) is 16.4 Å². The highest BCUT2D eigenvalue weighted by Crippen LogP contribution is 2.36. The number of carbonyl (C=O) groups excluding carboxylic acids is 2. The van der Waals surface area contributed by atoms with E-state index in [4.69, 9.17) is 19.4 Å². The average molecular weight is 575 g/mol. The molecule has 1 fully saturated rings. The van der Waals surface area contributed by atoms with Crippen molar-refractivity contribution < 1.29 is 19.1 Å². The van der Waals surface area contributed by atoms with Crippen LogP contribution in [0.2, 0.25) is 0 Å². The van der Waals surface area contributed by atoms with Gasteiger partial charge in [-0.1, -0.05) is 6.07 Å². The van der Waals surface area contributed by atoms with Gasteiger partial charge in [-0.05, 0) is 59.2 Å². The van der Waals surface area contributed by atoms with Crippen molar-refractivity contribution in [1.29, 1.82) is 0 Å². The number of hydrogen-bond acceptors (Lipinski definition) is 9. The number of rotatable bonds is 5. The predicted molar refractivity (Wildman–Crippen MR) is 156 cm³/mol. The van der Waals surface area contributed by atoms with Crippen LogP contribution in [-0.4, -0.2) is 80.6 Å². The normalized spacial score (nSPS) is 17.8. The molecule has 0 aromatic carbocycles. The zero-order valence-electron chi connectivity index (χ0n) is 25.2. The maximum Gasteiger partial charge on any atom is 0.410 e. The van der Waals surface area contributed by atoms with E-state index in [-0.39, 0.29) is 18.0 Å². The first-order valence-corrected chi connectivity index (χ1v) is 14.4. The third-order valence-electron chi connectivity index (χ3n) is 7.95. The molecule has 0 spiro atoms. The third-order valence-corrected chi connectivity index (χ3v) is 7.95. The molecule has 0 radical (unpaired) electrons. The SMILES string of the molecule is CN(Cc1nc(N2CCOCC2)cc2c1CN(c1cccc(-c3nnc4n3C(C)(C)CC4)n1)C2=O)C(=O)OC(C)(C)C. The first kappa shape index (κ1) is 28.1. The number of aromatic nitrogens is 5. The molecule has 1 saturated heterocycles. The molecular weight excluding hydrogens is 536 g/mol. The number of carbonyl (C=O) groups is 2. The lowest BCUT2D eigenvalue weighted by atomic mass is 10.0. The van der Waals surface area contributed by atoms with E-state index in [9.17, 15) is 9.59 Å². The van der Waals surface area contributed by atoms with Crippen molar-refractivity contribution >= 4 is 23.6 Å². The summed E-state index contributed by atoms with van der Waals surface area (Å²) in [6.45, 7) is 12.9. The van der Waals surface area contributed by atoms with Gasteiger partial charge in [-0.25, -0.2) is 14.8 Å². The van der Waals surface area contributed by atoms with Crippen molar-refractivity contribution in [2.75, 3.05) is 43.2 Å². The number of amides is 2. The van der Waals surface area contributed by atoms with E-state index in [0.717, 1.165) is 24.2 Å². The first-order valence-electron chi connectivity index (χ1n) is 14.4. The average Bonchev–Trinajstić information content (AvgIpc) is 3.62. The molecule has 0 saturated carbocycles. The van der Waals surface area contributed by atoms with Crippen molar-refractivity contribution in [1.82, 2.24) is 29.6 Å². The van der Waals surface area contributed by atoms with E-state index in [2.05, 4.69) is 33.5 Å². The van der Waals surface area contributed by atoms with Crippen molar-refractivity contribution in [2.45, 2.75) is 71.7 Å². The van der Waals surface area contributed by atoms with Crippen molar-refractivity contribution in [2.24, 2.45) is 0 Å². The lowest BCUT2D eigenvalue weighted by Crippen LogP contribution is -2.37. The lowest BCUT2D eigenvalue weighted by molar-refractivity contribution is 0.0282. The van der Waals surface area contributed by atoms with Crippen LogP contribution in [0, 0.1) is 0 Å². The highest BCUT2D eigenvalue weighted by Gasteiger charge is 2.36. The number of hydrogen-bond donors (Lipinski definition) is 0. The minimum Gasteiger partial charge on any atom is -0.444 e. The van der Waals surface area contributed by atoms with E-state index in [1.54, 1.807) is 11.9 Å². The summed E-state index contributed by atoms with van der Waals surface area (Å²) < 4.78 is 13.3. The molecule has 6 rings (SSSR count). The fourth-order valence-electron chi connectivity index (χ4n) is 5.76. The molecule has 12 heteroatoms. The second-order valence-corrected chi connectivity index (χ2v) is 12.7. The fourth-order valence-corrected chi connectivity index (χ4v) is 5.76. The quantitative estimate of drug-likeness (QED) is 0.448. The number of pyridine rings is 2. The number of nitrogens with zero attached hydrogens (tertiary/aromatic N) is 8. The molecule has 3 aromatic heterocycles. The Morgan fingerprint density at radius 2 is 1.88 bits per heavy atom. The standard InChI is InChI=1S/C30H38N8O4/c1-29(2,3)42-28(40)35(6)18-22-20-17-37(27(39)19(20)16-25(32-22)36-12-14-41-15-13-36)23-9-7-8-21(31-23)26-34-33-24-10-11-30(4,5)38(24)26/h7-9,16H,10-15,17-18H2,1-6H3. The summed E-state index contributed by atoms with van der Waals surface area (Å²) >= 11 is 0. The maximum atomic E-state index is 14.0. The van der Waals surface area contributed by atoms with Crippen LogP contribution >= 0.6 is 0 Å². The summed E-state index contributed by atoms with van der Waals surface area (Å²) in [6.07, 6.45) is 1.41. The Morgan fingerprint density at radius 1 is 1.12 bits per heavy atom. The summed E-state index contributed by atoms with van der Waals surface area (Å²) in [6, 6.07) is 7.49. The Kier molecular flexibility index (Phi) is 6.91. The van der Waals surface area contributed by atoms with E-state index in [1.807, 2.05) is 45.0 Å². The van der Waals surface area contributed by atoms with Crippen molar-refractivity contribution in [3.8, 4) is 11.5 Å². The van der Waals surface area contributed by atoms with Crippen LogP contribution in [-0.2, 0) is 34.5 Å². The van der Waals surface area contributed by atoms with E-state index < -0.39 is 11.7 Å². The lowest BCUT2D eigenvalue weighted by Gasteiger charge is -2.29. The molecule has 0 unspecified atom stereocenters. The molecule has 3 aromatic rings. The molecule has 3 aliphatic rings. The van der Waals surface area contributed by atoms with Crippen molar-refractivity contribution in [3.63, 3.8) is 0 Å². The number of aryl methyl sites for hydroxylation is 1. The highest BCUT2D eigenvalue weighted by atomic mass is 16.6. The van der Waals surface area contributed by atoms with Gasteiger partial charge in [-0.15, -0.1) is 10.2 Å². The second kappa shape index (κ2) is 10.3. The van der Waals surface area contributed by atoms with Crippen LogP contribution in [0.15, 0.2) is 24.3 Å². The van der Waals surface area contributed by atoms with Gasteiger partial charge in [0.25, 0.3) is 5.91 Å². The van der Waals surface area contributed by atoms with Gasteiger partial charge in [0.15, 0.2) is 5.82 Å². The molecule has 3 aliphatic heterocycles. The van der Waals surface area contributed by atoms with E-state index in [1.165, 1.54) is 4.90 Å². The van der Waals surface area contributed by atoms with E-state index >= 15 is 0 Å². The number of ether oxygens (including phenoxy) is 2. The van der Waals surface area contributed by atoms with Crippen molar-refractivity contribution in [3.05, 3.63) is 46.9 Å². The Balaban J connectivity index is 1.34. The molecule has 42 heavy (non-hydrogen) atoms. The topological polar surface area (TPSA) is 119 Å². The summed E-state index contributed by atoms with van der Waals surface area (Å²) in [4.78, 5) is 41.9. The minimum absolute atomic E-state index is 0.109. The molecule has 0 N–H and O–H groups in total. The maximum absolute atomic E-state index is 14.0. The van der Waals surface area contributed by atoms with Gasteiger partial charge < -0.3 is 23.8 Å². The molecule has 2 amide bonds. The van der Waals surface area contributed by atoms with Gasteiger partial charge in [0.2, 0.25) is 0 Å². The molecule has 0 aliphatic carbocycles. The molecule has 0 bridgehead atoms. The number of anilines is 2. The van der Waals surface area contributed by atoms with Gasteiger partial charge in [0, 0.05) is 37.7 Å². The Hall–Kier alpha value is -4.06. The smallest absolute Gasteiger partial charge is 0.410 e. The Labute approximate surface area is 245 Å². The van der Waals surface area contributed by atoms with Crippen LogP contribution < -0.4 is 9.80 Å². The summed E-state index contributed by atoms with van der Waals surface area (Å²) in [5, 5.41) is 8.85. The minimum atomic E-state index is -0.625. The van der Waals surface area contributed by atoms with Crippen LogP contribution in [0.1, 0.15) is 68.5 Å². The molecule has 0 atom stereocenters. The number of fused-ring (bicyclic) bond motifs is 2. The first-order chi connectivity index (χ1) is 19.9. The molecule has 12 nitrogen and oxygen atoms in total. The second-order valence-electron chi connectivity index (χ2n) is 12.7. The van der Waals surface area contributed by atoms with Gasteiger partial charge in [0.1, 0.15) is 28.8 Å². The summed E-state index contributed by atoms with van der Waals surface area (Å²) in [5.74, 6) is 2.73. The van der Waals surface area contributed by atoms with Gasteiger partial charge in [0.05, 0.1) is 37.6 Å². The highest BCUT2D eigenvalue weighted by molar-refractivity contribution is 6.10. The van der Waals surface area contributed by atoms with Crippen LogP contribution in [0.3, 0.4) is 0 Å². The van der Waals surface area contributed by atoms with E-state index in [0.29, 0.717) is 67.3 Å². The molecular formula is C30H38N8O4. The van der Waals surface area contributed by atoms with Gasteiger partial charge >= 0.3 is 6.09 Å². The monoisotopic (exact) mass is 574 g/mol. The molecule has 6 heterocycles. The zero-order chi connectivity index (χ0) is 29.8. The van der Waals surface area contributed by atoms with Gasteiger partial charge in [-0.3, -0.25) is 9.69 Å². The van der Waals surface area contributed by atoms with Crippen LogP contribution in [0.5, 0.6) is 0 Å². The summed E-state index contributed by atoms with van der Waals surface area (Å²) in [5.41, 5.74) is 1.94. The predicted octanol–water partition coefficient (Wildman–Crippen LogP) is 3.78. The van der Waals surface area contributed by atoms with Crippen LogP contribution in [0.25, 0.3) is 11.5 Å². The Bertz CT molecular complexity index is 1540.